The molecule has 0 spiro atoms. The fraction of sp³-hybridized carbons (Fsp3) is 1.00. The molecule has 0 N–H and O–H groups in total. The summed E-state index contributed by atoms with van der Waals surface area (Å²) in [5.41, 5.74) is 0. The van der Waals surface area contributed by atoms with Gasteiger partial charge in [-0.1, -0.05) is 56.5 Å². The van der Waals surface area contributed by atoms with Gasteiger partial charge in [0.25, 0.3) is 0 Å². The lowest BCUT2D eigenvalue weighted by molar-refractivity contribution is 0.423. The van der Waals surface area contributed by atoms with Crippen LogP contribution in [0.5, 0.6) is 0 Å². The van der Waals surface area contributed by atoms with E-state index in [-0.39, 0.29) is 0 Å². The van der Waals surface area contributed by atoms with Gasteiger partial charge in [-0.2, -0.15) is 4.91 Å². The minimum absolute atomic E-state index is 0.556. The zero-order valence-electron chi connectivity index (χ0n) is 9.21. The molecule has 1 rings (SSSR count). The molecule has 0 radical (unpaired) electrons. The van der Waals surface area contributed by atoms with Gasteiger partial charge in [-0.3, -0.25) is 0 Å². The lowest BCUT2D eigenvalue weighted by atomic mass is 9.96. The van der Waals surface area contributed by atoms with E-state index in [1.165, 1.54) is 64.2 Å². The first kappa shape index (κ1) is 11.7. The summed E-state index contributed by atoms with van der Waals surface area (Å²) >= 11 is 0. The van der Waals surface area contributed by atoms with Crippen molar-refractivity contribution in [2.24, 2.45) is 11.1 Å². The average Bonchev–Trinajstić information content (AvgIpc) is 2.24. The quantitative estimate of drug-likeness (QED) is 0.607. The highest BCUT2D eigenvalue weighted by Gasteiger charge is 2.09. The summed E-state index contributed by atoms with van der Waals surface area (Å²) < 4.78 is 0. The van der Waals surface area contributed by atoms with Crippen molar-refractivity contribution in [3.8, 4) is 0 Å². The number of hydrogen-bond acceptors (Lipinski definition) is 2. The third kappa shape index (κ3) is 5.36. The first-order valence-corrected chi connectivity index (χ1v) is 6.22. The maximum absolute atomic E-state index is 10.2. The van der Waals surface area contributed by atoms with E-state index in [2.05, 4.69) is 5.18 Å². The monoisotopic (exact) mass is 197 g/mol. The van der Waals surface area contributed by atoms with Crippen molar-refractivity contribution in [3.05, 3.63) is 4.91 Å². The second-order valence-electron chi connectivity index (χ2n) is 4.58. The molecule has 0 heterocycles. The molecular formula is C12H23NO. The van der Waals surface area contributed by atoms with Gasteiger partial charge in [-0.15, -0.1) is 0 Å². The molecule has 14 heavy (non-hydrogen) atoms. The topological polar surface area (TPSA) is 29.4 Å². The van der Waals surface area contributed by atoms with Crippen molar-refractivity contribution < 1.29 is 0 Å². The first-order chi connectivity index (χ1) is 6.93. The molecule has 2 nitrogen and oxygen atoms in total. The Hall–Kier alpha value is -0.400. The highest BCUT2D eigenvalue weighted by molar-refractivity contribution is 4.64. The van der Waals surface area contributed by atoms with Gasteiger partial charge in [0.2, 0.25) is 0 Å². The summed E-state index contributed by atoms with van der Waals surface area (Å²) in [6.45, 7) is 0.556. The van der Waals surface area contributed by atoms with E-state index < -0.39 is 0 Å². The van der Waals surface area contributed by atoms with Crippen LogP contribution in [0.2, 0.25) is 0 Å². The fourth-order valence-corrected chi connectivity index (χ4v) is 2.36. The highest BCUT2D eigenvalue weighted by Crippen LogP contribution is 2.21. The van der Waals surface area contributed by atoms with E-state index in [9.17, 15) is 4.91 Å². The standard InChI is InChI=1S/C12H23NO/c14-13-11-12-9-7-5-3-1-2-4-6-8-10-12/h12H,1-11H2. The number of rotatable bonds is 2. The molecule has 1 aliphatic rings. The maximum atomic E-state index is 10.2. The summed E-state index contributed by atoms with van der Waals surface area (Å²) in [7, 11) is 0. The van der Waals surface area contributed by atoms with E-state index in [0.29, 0.717) is 12.5 Å². The Bertz CT molecular complexity index is 135. The second-order valence-corrected chi connectivity index (χ2v) is 4.58. The summed E-state index contributed by atoms with van der Waals surface area (Å²) in [5, 5.41) is 3.06. The predicted molar refractivity (Wildman–Crippen MR) is 60.3 cm³/mol. The van der Waals surface area contributed by atoms with Crippen molar-refractivity contribution >= 4 is 0 Å². The van der Waals surface area contributed by atoms with Crippen LogP contribution in [0, 0.1) is 10.8 Å². The SMILES string of the molecule is O=NCC1CCCCCCCCCC1. The van der Waals surface area contributed by atoms with Crippen molar-refractivity contribution in [2.75, 3.05) is 6.54 Å². The van der Waals surface area contributed by atoms with Gasteiger partial charge in [0.15, 0.2) is 0 Å². The Labute approximate surface area is 87.4 Å². The van der Waals surface area contributed by atoms with Crippen molar-refractivity contribution in [3.63, 3.8) is 0 Å². The van der Waals surface area contributed by atoms with Crippen molar-refractivity contribution in [1.82, 2.24) is 0 Å². The third-order valence-corrected chi connectivity index (χ3v) is 3.31. The molecule has 0 aromatic carbocycles. The average molecular weight is 197 g/mol. The van der Waals surface area contributed by atoms with E-state index >= 15 is 0 Å². The van der Waals surface area contributed by atoms with Crippen molar-refractivity contribution in [1.29, 1.82) is 0 Å². The summed E-state index contributed by atoms with van der Waals surface area (Å²) in [4.78, 5) is 10.2. The molecule has 1 aliphatic carbocycles. The van der Waals surface area contributed by atoms with Gasteiger partial charge in [-0.25, -0.2) is 0 Å². The summed E-state index contributed by atoms with van der Waals surface area (Å²) in [5.74, 6) is 0.589. The zero-order chi connectivity index (χ0) is 10.1. The molecule has 2 heteroatoms. The Morgan fingerprint density at radius 1 is 0.786 bits per heavy atom. The normalized spacial score (nSPS) is 22.6. The van der Waals surface area contributed by atoms with Crippen LogP contribution in [0.4, 0.5) is 0 Å². The van der Waals surface area contributed by atoms with Crippen LogP contribution in [-0.4, -0.2) is 6.54 Å². The third-order valence-electron chi connectivity index (χ3n) is 3.31. The molecule has 0 atom stereocenters. The predicted octanol–water partition coefficient (Wildman–Crippen LogP) is 4.28. The van der Waals surface area contributed by atoms with Crippen LogP contribution in [0.25, 0.3) is 0 Å². The molecule has 0 saturated heterocycles. The van der Waals surface area contributed by atoms with Gasteiger partial charge < -0.3 is 0 Å². The maximum Gasteiger partial charge on any atom is 0.0839 e. The fourth-order valence-electron chi connectivity index (χ4n) is 2.36. The molecule has 0 aromatic heterocycles. The van der Waals surface area contributed by atoms with Crippen molar-refractivity contribution in [2.45, 2.75) is 64.2 Å². The molecule has 0 aliphatic heterocycles. The molecule has 82 valence electrons. The molecule has 0 aromatic rings. The Kier molecular flexibility index (Phi) is 6.63. The van der Waals surface area contributed by atoms with Crippen LogP contribution in [0.1, 0.15) is 64.2 Å². The lowest BCUT2D eigenvalue weighted by Gasteiger charge is -2.11. The number of nitrogens with zero attached hydrogens (tertiary/aromatic N) is 1. The van der Waals surface area contributed by atoms with Gasteiger partial charge in [0.05, 0.1) is 6.54 Å². The molecule has 0 unspecified atom stereocenters. The molecular weight excluding hydrogens is 174 g/mol. The number of nitroso groups, excluding NO2 is 1. The van der Waals surface area contributed by atoms with Crippen LogP contribution >= 0.6 is 0 Å². The Morgan fingerprint density at radius 2 is 1.21 bits per heavy atom. The molecule has 0 amide bonds. The van der Waals surface area contributed by atoms with E-state index in [1.807, 2.05) is 0 Å². The van der Waals surface area contributed by atoms with E-state index in [1.54, 1.807) is 0 Å². The van der Waals surface area contributed by atoms with Crippen LogP contribution in [0.15, 0.2) is 5.18 Å². The molecule has 1 fully saturated rings. The van der Waals surface area contributed by atoms with Gasteiger partial charge >= 0.3 is 0 Å². The molecule has 1 saturated carbocycles. The Morgan fingerprint density at radius 3 is 1.64 bits per heavy atom. The van der Waals surface area contributed by atoms with Gasteiger partial charge in [0, 0.05) is 0 Å². The van der Waals surface area contributed by atoms with Gasteiger partial charge in [0.1, 0.15) is 0 Å². The van der Waals surface area contributed by atoms with Crippen LogP contribution in [-0.2, 0) is 0 Å². The highest BCUT2D eigenvalue weighted by atomic mass is 16.3. The first-order valence-electron chi connectivity index (χ1n) is 6.22. The second kappa shape index (κ2) is 7.95. The lowest BCUT2D eigenvalue weighted by Crippen LogP contribution is -2.04. The summed E-state index contributed by atoms with van der Waals surface area (Å²) in [6, 6.07) is 0. The van der Waals surface area contributed by atoms with Crippen LogP contribution < -0.4 is 0 Å². The Balaban J connectivity index is 2.23. The minimum Gasteiger partial charge on any atom is -0.151 e. The van der Waals surface area contributed by atoms with E-state index in [4.69, 9.17) is 0 Å². The van der Waals surface area contributed by atoms with Crippen LogP contribution in [0.3, 0.4) is 0 Å². The number of hydrogen-bond donors (Lipinski definition) is 0. The smallest absolute Gasteiger partial charge is 0.0839 e. The van der Waals surface area contributed by atoms with E-state index in [0.717, 1.165) is 0 Å². The van der Waals surface area contributed by atoms with Gasteiger partial charge in [-0.05, 0) is 18.8 Å². The zero-order valence-corrected chi connectivity index (χ0v) is 9.21. The molecule has 0 bridgehead atoms. The minimum atomic E-state index is 0.556. The summed E-state index contributed by atoms with van der Waals surface area (Å²) in [6.07, 6.45) is 13.4. The largest absolute Gasteiger partial charge is 0.151 e.